The minimum atomic E-state index is 0. The molecular weight excluding hydrogens is 292 g/mol. The third kappa shape index (κ3) is 117. The Morgan fingerprint density at radius 3 is 0.500 bits per heavy atom. The van der Waals surface area contributed by atoms with Gasteiger partial charge in [0.15, 0.2) is 0 Å². The van der Waals surface area contributed by atoms with Gasteiger partial charge in [0.2, 0.25) is 0 Å². The van der Waals surface area contributed by atoms with Crippen molar-refractivity contribution in [2.75, 3.05) is 0 Å². The molecule has 0 aliphatic rings. The molecule has 0 spiro atoms. The molecule has 0 saturated heterocycles. The minimum absolute atomic E-state index is 0. The molecule has 0 aromatic carbocycles. The van der Waals surface area contributed by atoms with Gasteiger partial charge >= 0.3 is 0 Å². The number of hydrogen-bond acceptors (Lipinski definition) is 0. The van der Waals surface area contributed by atoms with Crippen molar-refractivity contribution in [2.45, 2.75) is 0 Å². The zero-order chi connectivity index (χ0) is 0. The fourth-order valence-electron chi connectivity index (χ4n) is 0. The Labute approximate surface area is 53.9 Å². The average molecular weight is 294 g/mol. The van der Waals surface area contributed by atoms with Gasteiger partial charge < -0.3 is 18.8 Å². The van der Waals surface area contributed by atoms with Crippen LogP contribution in [0.25, 0.3) is 0 Å². The second kappa shape index (κ2) is 227. The predicted octanol–water partition coefficient (Wildman–Crippen LogP) is -11.9. The molecule has 0 bridgehead atoms. The van der Waals surface area contributed by atoms with Gasteiger partial charge in [0.1, 0.15) is 0 Å². The molecule has 6 heteroatoms. The zero-order valence-electron chi connectivity index (χ0n) is 2.42. The van der Waals surface area contributed by atoms with Gasteiger partial charge in [-0.3, -0.25) is 0 Å². The minimum Gasteiger partial charge on any atom is -1.00 e. The summed E-state index contributed by atoms with van der Waals surface area (Å²) in [6.07, 6.45) is 0. The molecule has 0 fully saturated rings. The van der Waals surface area contributed by atoms with E-state index in [9.17, 15) is 0 Å². The summed E-state index contributed by atoms with van der Waals surface area (Å²) in [5.41, 5.74) is 0. The maximum Gasteiger partial charge on any atom is 0 e. The average Bonchev–Trinajstić information content (AvgIpc) is 0. The standard InChI is InChI=1S/4FH.H2S.W/h4*1H;1H2;/p-4. The number of hydrogen-bond donors (Lipinski definition) is 0. The maximum atomic E-state index is 0. The normalized spacial score (nSPS) is 0. The van der Waals surface area contributed by atoms with E-state index in [1.54, 1.807) is 0 Å². The Morgan fingerprint density at radius 1 is 0.500 bits per heavy atom. The third-order valence-electron chi connectivity index (χ3n) is 0. The maximum absolute atomic E-state index is 0. The third-order valence-corrected chi connectivity index (χ3v) is 0. The van der Waals surface area contributed by atoms with Crippen LogP contribution >= 0.6 is 13.5 Å². The summed E-state index contributed by atoms with van der Waals surface area (Å²) < 4.78 is 0. The van der Waals surface area contributed by atoms with Crippen LogP contribution in [-0.4, -0.2) is 0 Å². The van der Waals surface area contributed by atoms with E-state index >= 15 is 0 Å². The van der Waals surface area contributed by atoms with Crippen molar-refractivity contribution < 1.29 is 39.9 Å². The molecule has 0 aromatic heterocycles. The largest absolute Gasteiger partial charge is 1.00 e. The van der Waals surface area contributed by atoms with Gasteiger partial charge in [-0.05, 0) is 0 Å². The van der Waals surface area contributed by atoms with Crippen LogP contribution in [0.5, 0.6) is 0 Å². The zero-order valence-corrected chi connectivity index (χ0v) is 6.35. The van der Waals surface area contributed by atoms with Crippen molar-refractivity contribution in [2.24, 2.45) is 0 Å². The molecule has 46 valence electrons. The molecule has 0 N–H and O–H groups in total. The first kappa shape index (κ1) is 390. The van der Waals surface area contributed by atoms with E-state index in [0.717, 1.165) is 0 Å². The fourth-order valence-corrected chi connectivity index (χ4v) is 0. The molecule has 0 unspecified atom stereocenters. The van der Waals surface area contributed by atoms with Crippen LogP contribution < -0.4 is 18.8 Å². The summed E-state index contributed by atoms with van der Waals surface area (Å²) in [5, 5.41) is 0. The molecule has 6 heavy (non-hydrogen) atoms. The first-order chi connectivity index (χ1) is 0. The van der Waals surface area contributed by atoms with Crippen molar-refractivity contribution in [3.63, 3.8) is 0 Å². The molecule has 0 saturated carbocycles. The van der Waals surface area contributed by atoms with E-state index in [-0.39, 0.29) is 53.4 Å². The molecule has 0 aromatic rings. The van der Waals surface area contributed by atoms with Crippen LogP contribution in [0.1, 0.15) is 0 Å². The second-order valence-electron chi connectivity index (χ2n) is 0. The Morgan fingerprint density at radius 2 is 0.500 bits per heavy atom. The van der Waals surface area contributed by atoms with Crippen molar-refractivity contribution >= 4 is 13.5 Å². The van der Waals surface area contributed by atoms with E-state index in [1.807, 2.05) is 0 Å². The topological polar surface area (TPSA) is 0 Å². The van der Waals surface area contributed by atoms with Crippen LogP contribution in [0.4, 0.5) is 0 Å². The van der Waals surface area contributed by atoms with Crippen molar-refractivity contribution in [1.29, 1.82) is 0 Å². The molecular formula is H2F4SW-4. The van der Waals surface area contributed by atoms with Crippen LogP contribution in [0, 0.1) is 0 Å². The molecule has 0 radical (unpaired) electrons. The van der Waals surface area contributed by atoms with E-state index in [4.69, 9.17) is 0 Å². The summed E-state index contributed by atoms with van der Waals surface area (Å²) >= 11 is 0. The SMILES string of the molecule is S.[F-].[F-].[F-].[F-].[W]. The van der Waals surface area contributed by atoms with E-state index in [0.29, 0.717) is 0 Å². The Bertz CT molecular complexity index is 7.51. The molecule has 0 aliphatic carbocycles. The Hall–Kier alpha value is 0.758. The van der Waals surface area contributed by atoms with Crippen LogP contribution in [-0.2, 0) is 21.1 Å². The molecule has 0 aliphatic heterocycles. The summed E-state index contributed by atoms with van der Waals surface area (Å²) in [6, 6.07) is 0. The van der Waals surface area contributed by atoms with Crippen molar-refractivity contribution in [3.8, 4) is 0 Å². The van der Waals surface area contributed by atoms with E-state index in [2.05, 4.69) is 0 Å². The number of rotatable bonds is 0. The Balaban J connectivity index is 0. The summed E-state index contributed by atoms with van der Waals surface area (Å²) in [5.74, 6) is 0. The summed E-state index contributed by atoms with van der Waals surface area (Å²) in [7, 11) is 0. The van der Waals surface area contributed by atoms with Crippen molar-refractivity contribution in [3.05, 3.63) is 0 Å². The van der Waals surface area contributed by atoms with Crippen LogP contribution in [0.3, 0.4) is 0 Å². The van der Waals surface area contributed by atoms with Gasteiger partial charge in [0, 0.05) is 21.1 Å². The molecule has 0 nitrogen and oxygen atoms in total. The monoisotopic (exact) mass is 294 g/mol. The second-order valence-corrected chi connectivity index (χ2v) is 0. The van der Waals surface area contributed by atoms with Gasteiger partial charge in [-0.15, -0.1) is 0 Å². The quantitative estimate of drug-likeness (QED) is 0.389. The van der Waals surface area contributed by atoms with Gasteiger partial charge in [0.25, 0.3) is 0 Å². The fraction of sp³-hybridized carbons (Fsp3) is 0. The van der Waals surface area contributed by atoms with Gasteiger partial charge in [-0.2, -0.15) is 13.5 Å². The summed E-state index contributed by atoms with van der Waals surface area (Å²) in [4.78, 5) is 0. The first-order valence-electron chi connectivity index (χ1n) is 0. The molecule has 0 atom stereocenters. The molecule has 0 amide bonds. The van der Waals surface area contributed by atoms with Gasteiger partial charge in [-0.25, -0.2) is 0 Å². The van der Waals surface area contributed by atoms with E-state index < -0.39 is 0 Å². The van der Waals surface area contributed by atoms with Gasteiger partial charge in [0.05, 0.1) is 0 Å². The molecule has 0 rings (SSSR count). The Kier molecular flexibility index (Phi) is 14700. The van der Waals surface area contributed by atoms with Crippen LogP contribution in [0.15, 0.2) is 0 Å². The van der Waals surface area contributed by atoms with Gasteiger partial charge in [-0.1, -0.05) is 0 Å². The first-order valence-corrected chi connectivity index (χ1v) is 0. The van der Waals surface area contributed by atoms with E-state index in [1.165, 1.54) is 0 Å². The smallest absolute Gasteiger partial charge is 0 e. The predicted molar refractivity (Wildman–Crippen MR) is 10.4 cm³/mol. The van der Waals surface area contributed by atoms with Crippen LogP contribution in [0.2, 0.25) is 0 Å². The summed E-state index contributed by atoms with van der Waals surface area (Å²) in [6.45, 7) is 0. The van der Waals surface area contributed by atoms with Crippen molar-refractivity contribution in [1.82, 2.24) is 0 Å². The molecule has 0 heterocycles. The number of halogens is 4.